The Morgan fingerprint density at radius 1 is 1.24 bits per heavy atom. The number of hydrogen-bond donors (Lipinski definition) is 0. The van der Waals surface area contributed by atoms with Crippen LogP contribution < -0.4 is 0 Å². The summed E-state index contributed by atoms with van der Waals surface area (Å²) < 4.78 is 1.58. The predicted molar refractivity (Wildman–Crippen MR) is 65.5 cm³/mol. The Morgan fingerprint density at radius 3 is 2.76 bits per heavy atom. The Kier molecular flexibility index (Phi) is 2.15. The number of Topliss-reactive ketones (excluding diaryl/α,β-unsaturated/α-hetero) is 1. The van der Waals surface area contributed by atoms with Crippen molar-refractivity contribution in [2.75, 3.05) is 0 Å². The number of nitrogens with zero attached hydrogens (tertiary/aromatic N) is 1. The molecule has 0 fully saturated rings. The van der Waals surface area contributed by atoms with Crippen molar-refractivity contribution in [3.8, 4) is 0 Å². The van der Waals surface area contributed by atoms with E-state index < -0.39 is 0 Å². The maximum absolute atomic E-state index is 12.0. The van der Waals surface area contributed by atoms with Crippen molar-refractivity contribution in [1.82, 2.24) is 4.57 Å². The smallest absolute Gasteiger partial charge is 0.228 e. The minimum atomic E-state index is -0.0855. The number of fused-ring (bicyclic) bond motifs is 3. The van der Waals surface area contributed by atoms with Crippen LogP contribution in [0, 0.1) is 0 Å². The van der Waals surface area contributed by atoms with Crippen LogP contribution in [0.4, 0.5) is 0 Å². The van der Waals surface area contributed by atoms with Gasteiger partial charge >= 0.3 is 0 Å². The average Bonchev–Trinajstić information content (AvgIpc) is 2.65. The fourth-order valence-corrected chi connectivity index (χ4v) is 2.72. The molecule has 0 radical (unpaired) electrons. The summed E-state index contributed by atoms with van der Waals surface area (Å²) in [6, 6.07) is 7.75. The topological polar surface area (TPSA) is 39.1 Å². The van der Waals surface area contributed by atoms with Crippen LogP contribution in [0.2, 0.25) is 0 Å². The summed E-state index contributed by atoms with van der Waals surface area (Å²) in [5.74, 6) is 0.00958. The van der Waals surface area contributed by atoms with Crippen molar-refractivity contribution in [3.63, 3.8) is 0 Å². The van der Waals surface area contributed by atoms with Crippen molar-refractivity contribution in [2.45, 2.75) is 26.2 Å². The van der Waals surface area contributed by atoms with E-state index in [2.05, 4.69) is 0 Å². The molecule has 0 amide bonds. The van der Waals surface area contributed by atoms with E-state index in [0.717, 1.165) is 29.3 Å². The molecular weight excluding hydrogens is 214 g/mol. The van der Waals surface area contributed by atoms with Crippen LogP contribution in [0.15, 0.2) is 24.3 Å². The monoisotopic (exact) mass is 227 g/mol. The van der Waals surface area contributed by atoms with Gasteiger partial charge in [-0.3, -0.25) is 14.2 Å². The standard InChI is InChI=1S/C14H13NO2/c1-9(16)15-12-7-3-2-5-10(12)11-6-4-8-13(17)14(11)15/h2-3,5,7H,4,6,8H2,1H3. The molecule has 0 atom stereocenters. The highest BCUT2D eigenvalue weighted by Crippen LogP contribution is 2.31. The number of aromatic nitrogens is 1. The van der Waals surface area contributed by atoms with Crippen molar-refractivity contribution in [1.29, 1.82) is 0 Å². The van der Waals surface area contributed by atoms with Gasteiger partial charge in [-0.05, 0) is 24.5 Å². The van der Waals surface area contributed by atoms with E-state index in [1.54, 1.807) is 4.57 Å². The molecule has 0 spiro atoms. The molecule has 17 heavy (non-hydrogen) atoms. The lowest BCUT2D eigenvalue weighted by molar-refractivity contribution is 0.0899. The number of carbonyl (C=O) groups excluding carboxylic acids is 2. The quantitative estimate of drug-likeness (QED) is 0.694. The molecule has 3 heteroatoms. The third kappa shape index (κ3) is 1.35. The third-order valence-electron chi connectivity index (χ3n) is 3.39. The molecule has 0 N–H and O–H groups in total. The Balaban J connectivity index is 2.47. The normalized spacial score (nSPS) is 15.0. The summed E-state index contributed by atoms with van der Waals surface area (Å²) in [4.78, 5) is 23.8. The number of hydrogen-bond acceptors (Lipinski definition) is 2. The van der Waals surface area contributed by atoms with Crippen molar-refractivity contribution >= 4 is 22.6 Å². The van der Waals surface area contributed by atoms with Gasteiger partial charge in [0.15, 0.2) is 5.78 Å². The summed E-state index contributed by atoms with van der Waals surface area (Å²) in [6.45, 7) is 1.51. The number of benzene rings is 1. The minimum Gasteiger partial charge on any atom is -0.293 e. The Labute approximate surface area is 99.0 Å². The molecule has 2 aromatic rings. The number of aryl methyl sites for hydroxylation is 1. The second-order valence-electron chi connectivity index (χ2n) is 4.48. The fourth-order valence-electron chi connectivity index (χ4n) is 2.72. The zero-order valence-corrected chi connectivity index (χ0v) is 9.69. The molecule has 1 heterocycles. The van der Waals surface area contributed by atoms with Crippen molar-refractivity contribution in [2.24, 2.45) is 0 Å². The largest absolute Gasteiger partial charge is 0.293 e. The van der Waals surface area contributed by atoms with Gasteiger partial charge in [0.1, 0.15) is 0 Å². The zero-order chi connectivity index (χ0) is 12.0. The highest BCUT2D eigenvalue weighted by Gasteiger charge is 2.26. The molecule has 0 saturated carbocycles. The Bertz CT molecular complexity index is 637. The summed E-state index contributed by atoms with van der Waals surface area (Å²) in [7, 11) is 0. The number of ketones is 1. The average molecular weight is 227 g/mol. The van der Waals surface area contributed by atoms with Crippen LogP contribution in [0.5, 0.6) is 0 Å². The summed E-state index contributed by atoms with van der Waals surface area (Å²) in [5, 5.41) is 1.05. The van der Waals surface area contributed by atoms with E-state index >= 15 is 0 Å². The fraction of sp³-hybridized carbons (Fsp3) is 0.286. The number of para-hydroxylation sites is 1. The van der Waals surface area contributed by atoms with E-state index in [-0.39, 0.29) is 11.7 Å². The molecule has 1 aliphatic rings. The van der Waals surface area contributed by atoms with Crippen LogP contribution in [0.25, 0.3) is 10.9 Å². The molecule has 1 aromatic heterocycles. The van der Waals surface area contributed by atoms with Gasteiger partial charge in [0.05, 0.1) is 11.2 Å². The number of carbonyl (C=O) groups is 2. The van der Waals surface area contributed by atoms with E-state index in [0.29, 0.717) is 12.1 Å². The molecule has 3 rings (SSSR count). The highest BCUT2D eigenvalue weighted by molar-refractivity contribution is 6.08. The predicted octanol–water partition coefficient (Wildman–Crippen LogP) is 2.82. The summed E-state index contributed by atoms with van der Waals surface area (Å²) >= 11 is 0. The summed E-state index contributed by atoms with van der Waals surface area (Å²) in [5.41, 5.74) is 2.53. The van der Waals surface area contributed by atoms with Crippen LogP contribution >= 0.6 is 0 Å². The van der Waals surface area contributed by atoms with Gasteiger partial charge in [-0.2, -0.15) is 0 Å². The first kappa shape index (κ1) is 10.3. The molecule has 1 aliphatic carbocycles. The summed E-state index contributed by atoms with van der Waals surface area (Å²) in [6.07, 6.45) is 2.33. The maximum Gasteiger partial charge on any atom is 0.228 e. The Hall–Kier alpha value is -1.90. The molecule has 0 bridgehead atoms. The molecule has 0 aliphatic heterocycles. The van der Waals surface area contributed by atoms with Gasteiger partial charge < -0.3 is 0 Å². The lowest BCUT2D eigenvalue weighted by atomic mass is 9.94. The second-order valence-corrected chi connectivity index (χ2v) is 4.48. The molecule has 0 unspecified atom stereocenters. The van der Waals surface area contributed by atoms with Crippen LogP contribution in [-0.4, -0.2) is 16.3 Å². The first-order valence-electron chi connectivity index (χ1n) is 5.86. The molecular formula is C14H13NO2. The third-order valence-corrected chi connectivity index (χ3v) is 3.39. The zero-order valence-electron chi connectivity index (χ0n) is 9.69. The first-order valence-corrected chi connectivity index (χ1v) is 5.86. The van der Waals surface area contributed by atoms with Gasteiger partial charge in [-0.15, -0.1) is 0 Å². The van der Waals surface area contributed by atoms with Gasteiger partial charge in [-0.1, -0.05) is 18.2 Å². The second kappa shape index (κ2) is 3.55. The molecule has 1 aromatic carbocycles. The van der Waals surface area contributed by atoms with Crippen LogP contribution in [0.3, 0.4) is 0 Å². The van der Waals surface area contributed by atoms with E-state index in [4.69, 9.17) is 0 Å². The van der Waals surface area contributed by atoms with Gasteiger partial charge in [0.25, 0.3) is 0 Å². The Morgan fingerprint density at radius 2 is 2.00 bits per heavy atom. The highest BCUT2D eigenvalue weighted by atomic mass is 16.2. The molecule has 3 nitrogen and oxygen atoms in total. The van der Waals surface area contributed by atoms with E-state index in [1.165, 1.54) is 6.92 Å². The lowest BCUT2D eigenvalue weighted by Gasteiger charge is -2.12. The lowest BCUT2D eigenvalue weighted by Crippen LogP contribution is -2.18. The van der Waals surface area contributed by atoms with E-state index in [9.17, 15) is 9.59 Å². The maximum atomic E-state index is 12.0. The van der Waals surface area contributed by atoms with Crippen molar-refractivity contribution < 1.29 is 9.59 Å². The molecule has 86 valence electrons. The number of rotatable bonds is 0. The van der Waals surface area contributed by atoms with Gasteiger partial charge in [0, 0.05) is 18.7 Å². The van der Waals surface area contributed by atoms with Crippen LogP contribution in [-0.2, 0) is 6.42 Å². The van der Waals surface area contributed by atoms with Gasteiger partial charge in [-0.25, -0.2) is 0 Å². The SMILES string of the molecule is CC(=O)n1c2c(c3ccccc31)CCCC2=O. The van der Waals surface area contributed by atoms with Crippen molar-refractivity contribution in [3.05, 3.63) is 35.5 Å². The van der Waals surface area contributed by atoms with E-state index in [1.807, 2.05) is 24.3 Å². The molecule has 0 saturated heterocycles. The minimum absolute atomic E-state index is 0.0855. The van der Waals surface area contributed by atoms with Gasteiger partial charge in [0.2, 0.25) is 5.91 Å². The first-order chi connectivity index (χ1) is 8.20. The van der Waals surface area contributed by atoms with Crippen LogP contribution in [0.1, 0.15) is 40.6 Å².